The maximum absolute atomic E-state index is 11.0. The number of carboxylic acid groups (broad SMARTS) is 1. The number of hydrogen-bond donors (Lipinski definition) is 2. The maximum Gasteiger partial charge on any atom is 0.328 e. The van der Waals surface area contributed by atoms with E-state index in [1.54, 1.807) is 24.9 Å². The van der Waals surface area contributed by atoms with E-state index in [-0.39, 0.29) is 0 Å². The highest BCUT2D eigenvalue weighted by Gasteiger charge is 2.16. The minimum absolute atomic E-state index is 0.656. The van der Waals surface area contributed by atoms with Crippen molar-refractivity contribution in [3.63, 3.8) is 0 Å². The van der Waals surface area contributed by atoms with Crippen LogP contribution in [0.4, 0.5) is 5.13 Å². The number of nitrogens with zero attached hydrogens (tertiary/aromatic N) is 3. The monoisotopic (exact) mass is 340 g/mol. The minimum atomic E-state index is -0.974. The molecule has 3 rings (SSSR count). The third-order valence-electron chi connectivity index (χ3n) is 3.42. The van der Waals surface area contributed by atoms with Crippen LogP contribution in [0.2, 0.25) is 0 Å². The van der Waals surface area contributed by atoms with Gasteiger partial charge >= 0.3 is 5.97 Å². The van der Waals surface area contributed by atoms with E-state index in [4.69, 9.17) is 5.11 Å². The van der Waals surface area contributed by atoms with E-state index in [0.29, 0.717) is 5.57 Å². The Kier molecular flexibility index (Phi) is 4.43. The summed E-state index contributed by atoms with van der Waals surface area (Å²) in [5, 5.41) is 17.1. The fraction of sp³-hybridized carbons (Fsp3) is 0.118. The molecule has 0 atom stereocenters. The Morgan fingerprint density at radius 2 is 2.08 bits per heavy atom. The molecular formula is C17H16N4O2S. The molecule has 0 bridgehead atoms. The van der Waals surface area contributed by atoms with Crippen LogP contribution in [0.15, 0.2) is 48.8 Å². The summed E-state index contributed by atoms with van der Waals surface area (Å²) in [6.07, 6.45) is 4.82. The molecule has 3 aromatic rings. The summed E-state index contributed by atoms with van der Waals surface area (Å²) in [4.78, 5) is 16.3. The van der Waals surface area contributed by atoms with Gasteiger partial charge in [0.05, 0.1) is 22.5 Å². The van der Waals surface area contributed by atoms with Gasteiger partial charge in [-0.25, -0.2) is 14.5 Å². The molecule has 2 heterocycles. The lowest BCUT2D eigenvalue weighted by atomic mass is 10.1. The van der Waals surface area contributed by atoms with E-state index in [0.717, 1.165) is 27.0 Å². The van der Waals surface area contributed by atoms with Crippen LogP contribution in [0.5, 0.6) is 0 Å². The summed E-state index contributed by atoms with van der Waals surface area (Å²) in [6, 6.07) is 9.78. The highest BCUT2D eigenvalue weighted by molar-refractivity contribution is 7.17. The quantitative estimate of drug-likeness (QED) is 0.695. The Balaban J connectivity index is 2.05. The minimum Gasteiger partial charge on any atom is -0.478 e. The van der Waals surface area contributed by atoms with Crippen molar-refractivity contribution in [3.05, 3.63) is 53.7 Å². The summed E-state index contributed by atoms with van der Waals surface area (Å²) in [5.74, 6) is -0.974. The topological polar surface area (TPSA) is 80.0 Å². The highest BCUT2D eigenvalue weighted by atomic mass is 32.1. The smallest absolute Gasteiger partial charge is 0.328 e. The number of nitrogens with one attached hydrogen (secondary N) is 1. The van der Waals surface area contributed by atoms with E-state index in [9.17, 15) is 4.79 Å². The summed E-state index contributed by atoms with van der Waals surface area (Å²) in [7, 11) is 1.79. The standard InChI is InChI=1S/C17H16N4O2S/c1-11(8-14(22)23)16-15(20-17(18-2)24-16)12-9-19-21(10-12)13-6-4-3-5-7-13/h3-10H,1-2H3,(H,18,20)(H,22,23)/b11-8+. The molecule has 2 aromatic heterocycles. The number of benzene rings is 1. The molecule has 0 aliphatic rings. The zero-order valence-corrected chi connectivity index (χ0v) is 14.0. The van der Waals surface area contributed by atoms with Gasteiger partial charge in [-0.15, -0.1) is 0 Å². The molecule has 24 heavy (non-hydrogen) atoms. The molecule has 0 amide bonds. The molecule has 7 heteroatoms. The zero-order valence-electron chi connectivity index (χ0n) is 13.2. The fourth-order valence-corrected chi connectivity index (χ4v) is 3.22. The van der Waals surface area contributed by atoms with E-state index in [1.807, 2.05) is 36.5 Å². The first kappa shape index (κ1) is 15.9. The number of allylic oxidation sites excluding steroid dienone is 1. The molecule has 2 N–H and O–H groups in total. The van der Waals surface area contributed by atoms with Crippen molar-refractivity contribution in [2.24, 2.45) is 0 Å². The molecule has 122 valence electrons. The predicted molar refractivity (Wildman–Crippen MR) is 95.5 cm³/mol. The summed E-state index contributed by atoms with van der Waals surface area (Å²) in [6.45, 7) is 1.77. The van der Waals surface area contributed by atoms with E-state index < -0.39 is 5.97 Å². The highest BCUT2D eigenvalue weighted by Crippen LogP contribution is 2.35. The Labute approximate surface area is 143 Å². The first-order valence-electron chi connectivity index (χ1n) is 7.29. The SMILES string of the molecule is CNc1nc(-c2cnn(-c3ccccc3)c2)c(/C(C)=C/C(=O)O)s1. The molecule has 1 aromatic carbocycles. The molecule has 0 radical (unpaired) electrons. The molecule has 0 spiro atoms. The van der Waals surface area contributed by atoms with Crippen LogP contribution < -0.4 is 5.32 Å². The van der Waals surface area contributed by atoms with Gasteiger partial charge in [0, 0.05) is 24.9 Å². The molecule has 0 saturated heterocycles. The molecule has 0 aliphatic heterocycles. The number of anilines is 1. The molecule has 0 fully saturated rings. The average molecular weight is 340 g/mol. The summed E-state index contributed by atoms with van der Waals surface area (Å²) >= 11 is 1.42. The first-order chi connectivity index (χ1) is 11.6. The average Bonchev–Trinajstić information content (AvgIpc) is 3.21. The van der Waals surface area contributed by atoms with Crippen LogP contribution in [0.25, 0.3) is 22.5 Å². The van der Waals surface area contributed by atoms with Crippen molar-refractivity contribution in [2.45, 2.75) is 6.92 Å². The van der Waals surface area contributed by atoms with Crippen molar-refractivity contribution in [3.8, 4) is 16.9 Å². The van der Waals surface area contributed by atoms with Gasteiger partial charge in [-0.1, -0.05) is 29.5 Å². The van der Waals surface area contributed by atoms with E-state index in [1.165, 1.54) is 17.4 Å². The van der Waals surface area contributed by atoms with Crippen LogP contribution in [0, 0.1) is 0 Å². The Morgan fingerprint density at radius 3 is 2.75 bits per heavy atom. The second-order valence-corrected chi connectivity index (χ2v) is 6.12. The summed E-state index contributed by atoms with van der Waals surface area (Å²) < 4.78 is 1.77. The van der Waals surface area contributed by atoms with Crippen molar-refractivity contribution >= 4 is 28.0 Å². The third-order valence-corrected chi connectivity index (χ3v) is 4.62. The van der Waals surface area contributed by atoms with Crippen LogP contribution >= 0.6 is 11.3 Å². The van der Waals surface area contributed by atoms with Gasteiger partial charge in [-0.2, -0.15) is 5.10 Å². The van der Waals surface area contributed by atoms with Crippen molar-refractivity contribution in [2.75, 3.05) is 12.4 Å². The second kappa shape index (κ2) is 6.67. The largest absolute Gasteiger partial charge is 0.478 e. The van der Waals surface area contributed by atoms with Gasteiger partial charge in [-0.3, -0.25) is 0 Å². The number of aromatic nitrogens is 3. The maximum atomic E-state index is 11.0. The van der Waals surface area contributed by atoms with Crippen molar-refractivity contribution in [1.82, 2.24) is 14.8 Å². The van der Waals surface area contributed by atoms with Crippen LogP contribution in [0.3, 0.4) is 0 Å². The normalized spacial score (nSPS) is 11.5. The van der Waals surface area contributed by atoms with Gasteiger partial charge in [-0.05, 0) is 24.6 Å². The number of aliphatic carboxylic acids is 1. The van der Waals surface area contributed by atoms with Gasteiger partial charge < -0.3 is 10.4 Å². The molecule has 0 unspecified atom stereocenters. The fourth-order valence-electron chi connectivity index (χ4n) is 2.31. The molecule has 0 saturated carbocycles. The molecule has 0 aliphatic carbocycles. The zero-order chi connectivity index (χ0) is 17.1. The van der Waals surface area contributed by atoms with Crippen molar-refractivity contribution in [1.29, 1.82) is 0 Å². The van der Waals surface area contributed by atoms with Gasteiger partial charge in [0.1, 0.15) is 0 Å². The Hall–Kier alpha value is -2.93. The number of para-hydroxylation sites is 1. The lowest BCUT2D eigenvalue weighted by Crippen LogP contribution is -1.92. The van der Waals surface area contributed by atoms with Crippen LogP contribution in [0.1, 0.15) is 11.8 Å². The Morgan fingerprint density at radius 1 is 1.33 bits per heavy atom. The van der Waals surface area contributed by atoms with E-state index >= 15 is 0 Å². The molecular weight excluding hydrogens is 324 g/mol. The predicted octanol–water partition coefficient (Wildman–Crippen LogP) is 3.53. The first-order valence-corrected chi connectivity index (χ1v) is 8.11. The van der Waals surface area contributed by atoms with E-state index in [2.05, 4.69) is 15.4 Å². The number of rotatable bonds is 5. The summed E-state index contributed by atoms with van der Waals surface area (Å²) in [5.41, 5.74) is 3.17. The number of carboxylic acids is 1. The molecule has 6 nitrogen and oxygen atoms in total. The lowest BCUT2D eigenvalue weighted by molar-refractivity contribution is -0.131. The van der Waals surface area contributed by atoms with Gasteiger partial charge in [0.15, 0.2) is 5.13 Å². The second-order valence-electron chi connectivity index (χ2n) is 5.12. The number of hydrogen-bond acceptors (Lipinski definition) is 5. The van der Waals surface area contributed by atoms with Gasteiger partial charge in [0.25, 0.3) is 0 Å². The third kappa shape index (κ3) is 3.21. The number of carbonyl (C=O) groups is 1. The number of thiazole rings is 1. The van der Waals surface area contributed by atoms with Crippen molar-refractivity contribution < 1.29 is 9.90 Å². The lowest BCUT2D eigenvalue weighted by Gasteiger charge is -2.00. The van der Waals surface area contributed by atoms with Gasteiger partial charge in [0.2, 0.25) is 0 Å². The Bertz CT molecular complexity index is 896. The van der Waals surface area contributed by atoms with Crippen LogP contribution in [-0.2, 0) is 4.79 Å². The van der Waals surface area contributed by atoms with Crippen LogP contribution in [-0.4, -0.2) is 32.9 Å².